The second kappa shape index (κ2) is 8.49. The molecular formula is C12H25N7O. The van der Waals surface area contributed by atoms with E-state index in [1.54, 1.807) is 0 Å². The number of anilines is 2. The Labute approximate surface area is 120 Å². The minimum Gasteiger partial charge on any atom is -0.464 e. The number of hydrogen-bond acceptors (Lipinski definition) is 8. The summed E-state index contributed by atoms with van der Waals surface area (Å²) < 4.78 is 5.26. The molecule has 114 valence electrons. The molecule has 1 heterocycles. The molecule has 1 aromatic rings. The van der Waals surface area contributed by atoms with Gasteiger partial charge in [0, 0.05) is 19.1 Å². The van der Waals surface area contributed by atoms with E-state index in [2.05, 4.69) is 51.5 Å². The van der Waals surface area contributed by atoms with Crippen molar-refractivity contribution in [2.75, 3.05) is 37.5 Å². The molecule has 8 heteroatoms. The SMILES string of the molecule is CCOc1nc(NN)nc(NCCN(C)C(C)CC)n1. The molecule has 1 aromatic heterocycles. The highest BCUT2D eigenvalue weighted by molar-refractivity contribution is 5.34. The van der Waals surface area contributed by atoms with Gasteiger partial charge in [0.15, 0.2) is 0 Å². The van der Waals surface area contributed by atoms with Crippen molar-refractivity contribution in [3.05, 3.63) is 0 Å². The number of aromatic nitrogens is 3. The van der Waals surface area contributed by atoms with Crippen LogP contribution in [-0.4, -0.2) is 52.6 Å². The van der Waals surface area contributed by atoms with Crippen LogP contribution in [0.3, 0.4) is 0 Å². The van der Waals surface area contributed by atoms with Gasteiger partial charge in [0.1, 0.15) is 0 Å². The van der Waals surface area contributed by atoms with Gasteiger partial charge in [0.05, 0.1) is 6.61 Å². The summed E-state index contributed by atoms with van der Waals surface area (Å²) >= 11 is 0. The lowest BCUT2D eigenvalue weighted by Crippen LogP contribution is -2.33. The lowest BCUT2D eigenvalue weighted by Gasteiger charge is -2.23. The number of hydrazine groups is 1. The molecule has 1 unspecified atom stereocenters. The van der Waals surface area contributed by atoms with E-state index >= 15 is 0 Å². The van der Waals surface area contributed by atoms with Gasteiger partial charge in [0.25, 0.3) is 0 Å². The second-order valence-corrected chi connectivity index (χ2v) is 4.51. The van der Waals surface area contributed by atoms with E-state index in [1.165, 1.54) is 0 Å². The van der Waals surface area contributed by atoms with Crippen LogP contribution in [0.4, 0.5) is 11.9 Å². The molecule has 0 saturated carbocycles. The van der Waals surface area contributed by atoms with E-state index in [0.29, 0.717) is 18.6 Å². The summed E-state index contributed by atoms with van der Waals surface area (Å²) in [5.74, 6) is 6.06. The van der Waals surface area contributed by atoms with E-state index in [0.717, 1.165) is 19.5 Å². The van der Waals surface area contributed by atoms with Gasteiger partial charge in [-0.25, -0.2) is 5.84 Å². The molecule has 0 radical (unpaired) electrons. The zero-order valence-electron chi connectivity index (χ0n) is 12.7. The highest BCUT2D eigenvalue weighted by atomic mass is 16.5. The Bertz CT molecular complexity index is 401. The zero-order valence-corrected chi connectivity index (χ0v) is 12.7. The van der Waals surface area contributed by atoms with Crippen molar-refractivity contribution in [1.29, 1.82) is 0 Å². The van der Waals surface area contributed by atoms with Crippen LogP contribution in [0.2, 0.25) is 0 Å². The maximum atomic E-state index is 5.32. The Morgan fingerprint density at radius 2 is 1.95 bits per heavy atom. The highest BCUT2D eigenvalue weighted by Gasteiger charge is 2.08. The van der Waals surface area contributed by atoms with Crippen molar-refractivity contribution in [1.82, 2.24) is 19.9 Å². The third kappa shape index (κ3) is 5.14. The number of nitrogens with zero attached hydrogens (tertiary/aromatic N) is 4. The fourth-order valence-electron chi connectivity index (χ4n) is 1.57. The Morgan fingerprint density at radius 1 is 1.25 bits per heavy atom. The summed E-state index contributed by atoms with van der Waals surface area (Å²) in [6.07, 6.45) is 1.12. The molecule has 4 N–H and O–H groups in total. The van der Waals surface area contributed by atoms with Crippen molar-refractivity contribution in [3.8, 4) is 6.01 Å². The van der Waals surface area contributed by atoms with Crippen molar-refractivity contribution in [2.45, 2.75) is 33.2 Å². The van der Waals surface area contributed by atoms with Crippen molar-refractivity contribution < 1.29 is 4.74 Å². The Balaban J connectivity index is 2.56. The molecule has 0 saturated heterocycles. The predicted molar refractivity (Wildman–Crippen MR) is 79.7 cm³/mol. The summed E-state index contributed by atoms with van der Waals surface area (Å²) in [5, 5.41) is 3.15. The molecule has 0 spiro atoms. The summed E-state index contributed by atoms with van der Waals surface area (Å²) in [7, 11) is 2.10. The number of nitrogens with two attached hydrogens (primary N) is 1. The molecule has 0 aliphatic rings. The number of likely N-dealkylation sites (N-methyl/N-ethyl adjacent to an activating group) is 1. The van der Waals surface area contributed by atoms with Gasteiger partial charge >= 0.3 is 6.01 Å². The Hall–Kier alpha value is -1.67. The second-order valence-electron chi connectivity index (χ2n) is 4.51. The first-order valence-electron chi connectivity index (χ1n) is 6.90. The van der Waals surface area contributed by atoms with Crippen molar-refractivity contribution >= 4 is 11.9 Å². The van der Waals surface area contributed by atoms with Gasteiger partial charge in [0.2, 0.25) is 11.9 Å². The van der Waals surface area contributed by atoms with Crippen LogP contribution in [-0.2, 0) is 0 Å². The van der Waals surface area contributed by atoms with Crippen LogP contribution in [0.15, 0.2) is 0 Å². The average Bonchev–Trinajstić information content (AvgIpc) is 2.46. The lowest BCUT2D eigenvalue weighted by molar-refractivity contribution is 0.261. The van der Waals surface area contributed by atoms with E-state index in [-0.39, 0.29) is 12.0 Å². The number of nitrogens with one attached hydrogen (secondary N) is 2. The van der Waals surface area contributed by atoms with E-state index in [4.69, 9.17) is 10.6 Å². The monoisotopic (exact) mass is 283 g/mol. The smallest absolute Gasteiger partial charge is 0.323 e. The number of hydrogen-bond donors (Lipinski definition) is 3. The summed E-state index contributed by atoms with van der Waals surface area (Å²) in [6.45, 7) is 8.37. The largest absolute Gasteiger partial charge is 0.464 e. The van der Waals surface area contributed by atoms with Crippen LogP contribution in [0, 0.1) is 0 Å². The molecule has 1 atom stereocenters. The summed E-state index contributed by atoms with van der Waals surface area (Å²) in [4.78, 5) is 14.6. The molecule has 0 amide bonds. The minimum absolute atomic E-state index is 0.258. The number of nitrogen functional groups attached to an aromatic ring is 1. The zero-order chi connectivity index (χ0) is 15.0. The normalized spacial score (nSPS) is 12.3. The molecular weight excluding hydrogens is 258 g/mol. The predicted octanol–water partition coefficient (Wildman–Crippen LogP) is 0.698. The van der Waals surface area contributed by atoms with Gasteiger partial charge in [-0.3, -0.25) is 5.43 Å². The summed E-state index contributed by atoms with van der Waals surface area (Å²) in [6, 6.07) is 0.809. The number of ether oxygens (including phenoxy) is 1. The first kappa shape index (κ1) is 16.4. The first-order chi connectivity index (χ1) is 9.60. The third-order valence-corrected chi connectivity index (χ3v) is 3.11. The van der Waals surface area contributed by atoms with E-state index < -0.39 is 0 Å². The van der Waals surface area contributed by atoms with Crippen LogP contribution < -0.4 is 21.3 Å². The molecule has 0 bridgehead atoms. The number of rotatable bonds is 9. The van der Waals surface area contributed by atoms with E-state index in [9.17, 15) is 0 Å². The standard InChI is InChI=1S/C12H25N7O/c1-5-9(3)19(4)8-7-14-10-15-11(18-13)17-12(16-10)20-6-2/h9H,5-8,13H2,1-4H3,(H2,14,15,16,17,18). The quantitative estimate of drug-likeness (QED) is 0.450. The van der Waals surface area contributed by atoms with Crippen molar-refractivity contribution in [3.63, 3.8) is 0 Å². The minimum atomic E-state index is 0.258. The fraction of sp³-hybridized carbons (Fsp3) is 0.750. The molecule has 0 aliphatic heterocycles. The maximum absolute atomic E-state index is 5.32. The van der Waals surface area contributed by atoms with E-state index in [1.807, 2.05) is 6.92 Å². The molecule has 0 fully saturated rings. The lowest BCUT2D eigenvalue weighted by atomic mass is 10.2. The van der Waals surface area contributed by atoms with Gasteiger partial charge < -0.3 is 15.0 Å². The average molecular weight is 283 g/mol. The van der Waals surface area contributed by atoms with Gasteiger partial charge in [-0.1, -0.05) is 6.92 Å². The summed E-state index contributed by atoms with van der Waals surface area (Å²) in [5.41, 5.74) is 2.40. The van der Waals surface area contributed by atoms with Crippen LogP contribution in [0.5, 0.6) is 6.01 Å². The third-order valence-electron chi connectivity index (χ3n) is 3.11. The van der Waals surface area contributed by atoms with Gasteiger partial charge in [-0.2, -0.15) is 15.0 Å². The molecule has 0 aromatic carbocycles. The Morgan fingerprint density at radius 3 is 2.55 bits per heavy atom. The van der Waals surface area contributed by atoms with Crippen LogP contribution in [0.1, 0.15) is 27.2 Å². The fourth-order valence-corrected chi connectivity index (χ4v) is 1.57. The molecule has 1 rings (SSSR count). The topological polar surface area (TPSA) is 101 Å². The molecule has 20 heavy (non-hydrogen) atoms. The van der Waals surface area contributed by atoms with Gasteiger partial charge in [-0.05, 0) is 27.3 Å². The van der Waals surface area contributed by atoms with Crippen molar-refractivity contribution in [2.24, 2.45) is 5.84 Å². The first-order valence-corrected chi connectivity index (χ1v) is 6.90. The maximum Gasteiger partial charge on any atom is 0.323 e. The van der Waals surface area contributed by atoms with Crippen LogP contribution >= 0.6 is 0 Å². The van der Waals surface area contributed by atoms with Crippen LogP contribution in [0.25, 0.3) is 0 Å². The van der Waals surface area contributed by atoms with Gasteiger partial charge in [-0.15, -0.1) is 0 Å². The molecule has 8 nitrogen and oxygen atoms in total. The molecule has 0 aliphatic carbocycles. The Kier molecular flexibility index (Phi) is 6.96. The highest BCUT2D eigenvalue weighted by Crippen LogP contribution is 2.10.